The fourth-order valence-electron chi connectivity index (χ4n) is 3.00. The number of aromatic nitrogens is 2. The van der Waals surface area contributed by atoms with Crippen LogP contribution in [0.5, 0.6) is 0 Å². The molecule has 21 heavy (non-hydrogen) atoms. The van der Waals surface area contributed by atoms with Gasteiger partial charge in [-0.1, -0.05) is 6.07 Å². The number of nitrogens with zero attached hydrogens (tertiary/aromatic N) is 2. The quantitative estimate of drug-likeness (QED) is 0.610. The number of benzene rings is 1. The third kappa shape index (κ3) is 1.94. The molecule has 1 aliphatic carbocycles. The van der Waals surface area contributed by atoms with Crippen LogP contribution in [0.3, 0.4) is 0 Å². The van der Waals surface area contributed by atoms with Crippen molar-refractivity contribution in [1.82, 2.24) is 9.13 Å². The zero-order chi connectivity index (χ0) is 15.1. The number of rotatable bonds is 2. The Labute approximate surface area is 120 Å². The van der Waals surface area contributed by atoms with E-state index in [-0.39, 0.29) is 23.7 Å². The van der Waals surface area contributed by atoms with E-state index in [1.165, 1.54) is 9.13 Å². The lowest BCUT2D eigenvalue weighted by Gasteiger charge is -2.21. The van der Waals surface area contributed by atoms with Crippen LogP contribution < -0.4 is 5.69 Å². The Hall–Kier alpha value is -2.50. The van der Waals surface area contributed by atoms with Gasteiger partial charge in [0.15, 0.2) is 12.1 Å². The summed E-state index contributed by atoms with van der Waals surface area (Å²) in [6.45, 7) is 0. The van der Waals surface area contributed by atoms with Gasteiger partial charge < -0.3 is 0 Å². The number of ketones is 2. The minimum Gasteiger partial charge on any atom is -0.299 e. The second-order valence-electron chi connectivity index (χ2n) is 5.28. The molecule has 0 aliphatic heterocycles. The number of para-hydroxylation sites is 1. The van der Waals surface area contributed by atoms with Crippen LogP contribution in [0.1, 0.15) is 35.7 Å². The Kier molecular flexibility index (Phi) is 3.08. The molecule has 0 spiro atoms. The molecule has 1 saturated carbocycles. The number of carbonyl (C=O) groups is 3. The average Bonchev–Trinajstić information content (AvgIpc) is 2.72. The lowest BCUT2D eigenvalue weighted by Crippen LogP contribution is -2.34. The van der Waals surface area contributed by atoms with Crippen LogP contribution in [-0.4, -0.2) is 27.0 Å². The van der Waals surface area contributed by atoms with E-state index in [9.17, 15) is 19.2 Å². The van der Waals surface area contributed by atoms with Crippen molar-refractivity contribution in [3.63, 3.8) is 0 Å². The lowest BCUT2D eigenvalue weighted by molar-refractivity contribution is -0.132. The number of hydrogen-bond donors (Lipinski definition) is 0. The molecule has 3 rings (SSSR count). The van der Waals surface area contributed by atoms with E-state index in [1.807, 2.05) is 0 Å². The topological polar surface area (TPSA) is 78.1 Å². The molecule has 1 fully saturated rings. The van der Waals surface area contributed by atoms with Crippen LogP contribution in [-0.2, 0) is 16.6 Å². The average molecular weight is 286 g/mol. The zero-order valence-electron chi connectivity index (χ0n) is 11.5. The number of fused-ring (bicyclic) bond motifs is 1. The summed E-state index contributed by atoms with van der Waals surface area (Å²) in [5.41, 5.74) is 1.14. The molecule has 6 nitrogen and oxygen atoms in total. The molecule has 0 saturated heterocycles. The fourth-order valence-corrected chi connectivity index (χ4v) is 3.00. The minimum atomic E-state index is -0.624. The van der Waals surface area contributed by atoms with Gasteiger partial charge in [-0.25, -0.2) is 4.79 Å². The van der Waals surface area contributed by atoms with Crippen molar-refractivity contribution >= 4 is 28.9 Å². The molecule has 1 heterocycles. The van der Waals surface area contributed by atoms with Crippen molar-refractivity contribution < 1.29 is 14.4 Å². The van der Waals surface area contributed by atoms with Crippen LogP contribution in [0.4, 0.5) is 0 Å². The lowest BCUT2D eigenvalue weighted by atomic mass is 9.93. The summed E-state index contributed by atoms with van der Waals surface area (Å²) in [4.78, 5) is 47.0. The van der Waals surface area contributed by atoms with E-state index in [0.29, 0.717) is 35.7 Å². The molecule has 0 bridgehead atoms. The molecule has 1 atom stereocenters. The molecule has 0 N–H and O–H groups in total. The van der Waals surface area contributed by atoms with Crippen molar-refractivity contribution in [2.45, 2.75) is 25.3 Å². The first-order valence-corrected chi connectivity index (χ1v) is 6.74. The van der Waals surface area contributed by atoms with Gasteiger partial charge in [0, 0.05) is 19.0 Å². The molecule has 2 aromatic rings. The summed E-state index contributed by atoms with van der Waals surface area (Å²) in [6.07, 6.45) is 1.20. The summed E-state index contributed by atoms with van der Waals surface area (Å²) in [5.74, 6) is -0.324. The SMILES string of the molecule is Cn1c(=O)n(C2CCC(=O)CC2=O)c2cccc(C=O)c21. The van der Waals surface area contributed by atoms with Crippen molar-refractivity contribution in [2.75, 3.05) is 0 Å². The summed E-state index contributed by atoms with van der Waals surface area (Å²) < 4.78 is 2.79. The van der Waals surface area contributed by atoms with Crippen LogP contribution in [0.25, 0.3) is 11.0 Å². The van der Waals surface area contributed by atoms with E-state index in [2.05, 4.69) is 0 Å². The van der Waals surface area contributed by atoms with Gasteiger partial charge in [0.1, 0.15) is 5.78 Å². The predicted molar refractivity (Wildman–Crippen MR) is 75.5 cm³/mol. The molecule has 0 amide bonds. The molecule has 1 aromatic heterocycles. The van der Waals surface area contributed by atoms with Crippen LogP contribution >= 0.6 is 0 Å². The maximum atomic E-state index is 12.5. The smallest absolute Gasteiger partial charge is 0.299 e. The maximum Gasteiger partial charge on any atom is 0.329 e. The number of aldehydes is 1. The van der Waals surface area contributed by atoms with Crippen molar-refractivity contribution in [2.24, 2.45) is 7.05 Å². The number of carbonyl (C=O) groups excluding carboxylic acids is 3. The second kappa shape index (κ2) is 4.80. The van der Waals surface area contributed by atoms with E-state index in [4.69, 9.17) is 0 Å². The zero-order valence-corrected chi connectivity index (χ0v) is 11.5. The molecule has 1 aliphatic rings. The minimum absolute atomic E-state index is 0.0851. The Morgan fingerprint density at radius 1 is 1.24 bits per heavy atom. The second-order valence-corrected chi connectivity index (χ2v) is 5.28. The molecule has 6 heteroatoms. The first-order chi connectivity index (χ1) is 10.0. The van der Waals surface area contributed by atoms with Crippen LogP contribution in [0, 0.1) is 0 Å². The Morgan fingerprint density at radius 2 is 2.00 bits per heavy atom. The van der Waals surface area contributed by atoms with Crippen LogP contribution in [0.15, 0.2) is 23.0 Å². The summed E-state index contributed by atoms with van der Waals surface area (Å²) >= 11 is 0. The largest absolute Gasteiger partial charge is 0.329 e. The van der Waals surface area contributed by atoms with Crippen LogP contribution in [0.2, 0.25) is 0 Å². The summed E-state index contributed by atoms with van der Waals surface area (Å²) in [6, 6.07) is 4.40. The Bertz CT molecular complexity index is 828. The molecule has 1 unspecified atom stereocenters. The number of aryl methyl sites for hydroxylation is 1. The number of hydrogen-bond acceptors (Lipinski definition) is 4. The van der Waals surface area contributed by atoms with Gasteiger partial charge in [-0.05, 0) is 18.6 Å². The maximum absolute atomic E-state index is 12.5. The van der Waals surface area contributed by atoms with Gasteiger partial charge >= 0.3 is 5.69 Å². The highest BCUT2D eigenvalue weighted by Crippen LogP contribution is 2.26. The van der Waals surface area contributed by atoms with Crippen molar-refractivity contribution in [3.05, 3.63) is 34.2 Å². The molecular weight excluding hydrogens is 272 g/mol. The molecular formula is C15H14N2O4. The van der Waals surface area contributed by atoms with E-state index >= 15 is 0 Å². The van der Waals surface area contributed by atoms with E-state index in [1.54, 1.807) is 25.2 Å². The highest BCUT2D eigenvalue weighted by Gasteiger charge is 2.31. The van der Waals surface area contributed by atoms with Crippen molar-refractivity contribution in [1.29, 1.82) is 0 Å². The normalized spacial score (nSPS) is 19.2. The Morgan fingerprint density at radius 3 is 2.67 bits per heavy atom. The fraction of sp³-hybridized carbons (Fsp3) is 0.333. The monoisotopic (exact) mass is 286 g/mol. The Balaban J connectivity index is 2.27. The highest BCUT2D eigenvalue weighted by atomic mass is 16.2. The summed E-state index contributed by atoms with van der Waals surface area (Å²) in [5, 5.41) is 0. The standard InChI is InChI=1S/C15H14N2O4/c1-16-14-9(8-18)3-2-4-12(14)17(15(16)21)11-6-5-10(19)7-13(11)20/h2-4,8,11H,5-7H2,1H3. The first-order valence-electron chi connectivity index (χ1n) is 6.74. The first kappa shape index (κ1) is 13.5. The predicted octanol–water partition coefficient (Wildman–Crippen LogP) is 1.02. The van der Waals surface area contributed by atoms with Gasteiger partial charge in [-0.3, -0.25) is 23.5 Å². The van der Waals surface area contributed by atoms with Crippen molar-refractivity contribution in [3.8, 4) is 0 Å². The van der Waals surface area contributed by atoms with E-state index < -0.39 is 6.04 Å². The van der Waals surface area contributed by atoms with Gasteiger partial charge in [0.2, 0.25) is 0 Å². The third-order valence-electron chi connectivity index (χ3n) is 4.01. The molecule has 108 valence electrons. The van der Waals surface area contributed by atoms with Gasteiger partial charge in [0.05, 0.1) is 23.5 Å². The number of imidazole rings is 1. The summed E-state index contributed by atoms with van der Waals surface area (Å²) in [7, 11) is 1.58. The van der Waals surface area contributed by atoms with Gasteiger partial charge in [0.25, 0.3) is 0 Å². The highest BCUT2D eigenvalue weighted by molar-refractivity contribution is 6.04. The molecule has 1 aromatic carbocycles. The molecule has 0 radical (unpaired) electrons. The van der Waals surface area contributed by atoms with E-state index in [0.717, 1.165) is 0 Å². The van der Waals surface area contributed by atoms with Gasteiger partial charge in [-0.15, -0.1) is 0 Å². The van der Waals surface area contributed by atoms with Gasteiger partial charge in [-0.2, -0.15) is 0 Å². The third-order valence-corrected chi connectivity index (χ3v) is 4.01. The number of Topliss-reactive ketones (excluding diaryl/α,β-unsaturated/α-hetero) is 2.